The Morgan fingerprint density at radius 1 is 1.15 bits per heavy atom. The number of carbonyl (C=O) groups excluding carboxylic acids is 4. The summed E-state index contributed by atoms with van der Waals surface area (Å²) in [7, 11) is 1.46. The molecule has 8 nitrogen and oxygen atoms in total. The van der Waals surface area contributed by atoms with Crippen LogP contribution in [0.25, 0.3) is 0 Å². The molecule has 1 aliphatic heterocycles. The first kappa shape index (κ1) is 19.4. The summed E-state index contributed by atoms with van der Waals surface area (Å²) in [6.07, 6.45) is -1.06. The van der Waals surface area contributed by atoms with Crippen LogP contribution >= 0.6 is 0 Å². The van der Waals surface area contributed by atoms with Gasteiger partial charge in [-0.25, -0.2) is 4.79 Å². The van der Waals surface area contributed by atoms with Crippen LogP contribution < -0.4 is 5.32 Å². The molecule has 26 heavy (non-hydrogen) atoms. The Labute approximate surface area is 152 Å². The second-order valence-corrected chi connectivity index (χ2v) is 6.52. The monoisotopic (exact) mass is 361 g/mol. The fraction of sp³-hybridized carbons (Fsp3) is 0.444. The van der Waals surface area contributed by atoms with Gasteiger partial charge in [-0.3, -0.25) is 19.3 Å². The summed E-state index contributed by atoms with van der Waals surface area (Å²) in [5.41, 5.74) is 1.74. The third-order valence-corrected chi connectivity index (χ3v) is 4.04. The highest BCUT2D eigenvalue weighted by Gasteiger charge is 2.35. The lowest BCUT2D eigenvalue weighted by Crippen LogP contribution is -2.39. The van der Waals surface area contributed by atoms with Gasteiger partial charge in [0.25, 0.3) is 11.8 Å². The minimum absolute atomic E-state index is 0.0749. The molecule has 0 spiro atoms. The predicted molar refractivity (Wildman–Crippen MR) is 94.5 cm³/mol. The first-order valence-electron chi connectivity index (χ1n) is 8.34. The SMILES string of the molecule is CC(C)c1ccc(NC(=O)[C@H](C)OC(=O)CN2C(=O)CN(C)C2=O)cc1. The first-order chi connectivity index (χ1) is 12.2. The Hall–Kier alpha value is -2.90. The number of hydrogen-bond acceptors (Lipinski definition) is 5. The maximum atomic E-state index is 12.1. The van der Waals surface area contributed by atoms with E-state index in [0.717, 1.165) is 10.5 Å². The number of rotatable bonds is 6. The van der Waals surface area contributed by atoms with Crippen LogP contribution in [0.3, 0.4) is 0 Å². The van der Waals surface area contributed by atoms with Crippen LogP contribution in [0, 0.1) is 0 Å². The molecule has 1 heterocycles. The molecule has 8 heteroatoms. The molecular weight excluding hydrogens is 338 g/mol. The molecular formula is C18H23N3O5. The number of amides is 4. The summed E-state index contributed by atoms with van der Waals surface area (Å²) in [5.74, 6) is -1.40. The number of carbonyl (C=O) groups is 4. The minimum atomic E-state index is -1.06. The number of ether oxygens (including phenoxy) is 1. The summed E-state index contributed by atoms with van der Waals surface area (Å²) in [5, 5.41) is 2.66. The van der Waals surface area contributed by atoms with Crippen molar-refractivity contribution in [2.24, 2.45) is 0 Å². The summed E-state index contributed by atoms with van der Waals surface area (Å²) >= 11 is 0. The quantitative estimate of drug-likeness (QED) is 0.613. The van der Waals surface area contributed by atoms with Gasteiger partial charge >= 0.3 is 12.0 Å². The molecule has 0 bridgehead atoms. The number of nitrogens with one attached hydrogen (secondary N) is 1. The van der Waals surface area contributed by atoms with Crippen LogP contribution in [-0.4, -0.2) is 59.9 Å². The molecule has 0 unspecified atom stereocenters. The zero-order valence-electron chi connectivity index (χ0n) is 15.3. The van der Waals surface area contributed by atoms with Gasteiger partial charge in [-0.15, -0.1) is 0 Å². The molecule has 0 aromatic heterocycles. The number of imide groups is 1. The van der Waals surface area contributed by atoms with Crippen molar-refractivity contribution in [2.45, 2.75) is 32.8 Å². The summed E-state index contributed by atoms with van der Waals surface area (Å²) in [4.78, 5) is 49.4. The van der Waals surface area contributed by atoms with Gasteiger partial charge in [0.1, 0.15) is 13.1 Å². The molecule has 1 aromatic rings. The predicted octanol–water partition coefficient (Wildman–Crippen LogP) is 1.57. The van der Waals surface area contributed by atoms with Crippen LogP contribution in [-0.2, 0) is 19.1 Å². The number of benzene rings is 1. The van der Waals surface area contributed by atoms with Crippen molar-refractivity contribution in [1.29, 1.82) is 0 Å². The topological polar surface area (TPSA) is 96.0 Å². The average Bonchev–Trinajstić information content (AvgIpc) is 2.81. The van der Waals surface area contributed by atoms with Crippen molar-refractivity contribution < 1.29 is 23.9 Å². The summed E-state index contributed by atoms with van der Waals surface area (Å²) < 4.78 is 5.02. The van der Waals surface area contributed by atoms with Crippen LogP contribution in [0.5, 0.6) is 0 Å². The lowest BCUT2D eigenvalue weighted by atomic mass is 10.0. The molecule has 0 saturated carbocycles. The fourth-order valence-electron chi connectivity index (χ4n) is 2.44. The molecule has 1 atom stereocenters. The van der Waals surface area contributed by atoms with E-state index in [9.17, 15) is 19.2 Å². The molecule has 2 rings (SSSR count). The van der Waals surface area contributed by atoms with Gasteiger partial charge in [0.05, 0.1) is 0 Å². The molecule has 1 N–H and O–H groups in total. The Morgan fingerprint density at radius 2 is 1.77 bits per heavy atom. The van der Waals surface area contributed by atoms with Gasteiger partial charge in [-0.05, 0) is 30.5 Å². The Kier molecular flexibility index (Phi) is 5.97. The van der Waals surface area contributed by atoms with E-state index in [4.69, 9.17) is 4.74 Å². The molecule has 4 amide bonds. The van der Waals surface area contributed by atoms with Gasteiger partial charge in [0, 0.05) is 12.7 Å². The molecule has 0 radical (unpaired) electrons. The maximum Gasteiger partial charge on any atom is 0.327 e. The van der Waals surface area contributed by atoms with Gasteiger partial charge in [-0.1, -0.05) is 26.0 Å². The highest BCUT2D eigenvalue weighted by molar-refractivity contribution is 6.04. The van der Waals surface area contributed by atoms with Gasteiger partial charge in [0.15, 0.2) is 6.10 Å². The molecule has 140 valence electrons. The van der Waals surface area contributed by atoms with E-state index in [-0.39, 0.29) is 6.54 Å². The number of esters is 1. The fourth-order valence-corrected chi connectivity index (χ4v) is 2.44. The highest BCUT2D eigenvalue weighted by atomic mass is 16.5. The maximum absolute atomic E-state index is 12.1. The van der Waals surface area contributed by atoms with E-state index >= 15 is 0 Å². The third kappa shape index (κ3) is 4.59. The average molecular weight is 361 g/mol. The second kappa shape index (κ2) is 7.99. The number of nitrogens with zero attached hydrogens (tertiary/aromatic N) is 2. The van der Waals surface area contributed by atoms with Crippen LogP contribution in [0.1, 0.15) is 32.3 Å². The van der Waals surface area contributed by atoms with Crippen LogP contribution in [0.2, 0.25) is 0 Å². The van der Waals surface area contributed by atoms with E-state index in [0.29, 0.717) is 11.6 Å². The van der Waals surface area contributed by atoms with Gasteiger partial charge in [0.2, 0.25) is 0 Å². The number of likely N-dealkylation sites (N-methyl/N-ethyl adjacent to an activating group) is 1. The molecule has 1 fully saturated rings. The minimum Gasteiger partial charge on any atom is -0.451 e. The smallest absolute Gasteiger partial charge is 0.327 e. The Bertz CT molecular complexity index is 714. The zero-order chi connectivity index (χ0) is 19.4. The lowest BCUT2D eigenvalue weighted by molar-refractivity contribution is -0.154. The van der Waals surface area contributed by atoms with Gasteiger partial charge < -0.3 is 15.0 Å². The van der Waals surface area contributed by atoms with Gasteiger partial charge in [-0.2, -0.15) is 0 Å². The Morgan fingerprint density at radius 3 is 2.27 bits per heavy atom. The largest absolute Gasteiger partial charge is 0.451 e. The molecule has 1 saturated heterocycles. The van der Waals surface area contributed by atoms with Crippen molar-refractivity contribution in [2.75, 3.05) is 25.5 Å². The van der Waals surface area contributed by atoms with Crippen molar-refractivity contribution in [3.63, 3.8) is 0 Å². The number of anilines is 1. The normalized spacial score (nSPS) is 15.4. The number of hydrogen-bond donors (Lipinski definition) is 1. The van der Waals surface area contributed by atoms with Crippen LogP contribution in [0.4, 0.5) is 10.5 Å². The van der Waals surface area contributed by atoms with Crippen molar-refractivity contribution in [3.05, 3.63) is 29.8 Å². The van der Waals surface area contributed by atoms with E-state index < -0.39 is 36.5 Å². The molecule has 0 aliphatic carbocycles. The second-order valence-electron chi connectivity index (χ2n) is 6.52. The third-order valence-electron chi connectivity index (χ3n) is 4.04. The number of urea groups is 1. The first-order valence-corrected chi connectivity index (χ1v) is 8.34. The lowest BCUT2D eigenvalue weighted by Gasteiger charge is -2.17. The van der Waals surface area contributed by atoms with E-state index in [2.05, 4.69) is 19.2 Å². The van der Waals surface area contributed by atoms with E-state index in [1.807, 2.05) is 12.1 Å². The van der Waals surface area contributed by atoms with Crippen molar-refractivity contribution in [3.8, 4) is 0 Å². The van der Waals surface area contributed by atoms with E-state index in [1.165, 1.54) is 18.9 Å². The van der Waals surface area contributed by atoms with Crippen LogP contribution in [0.15, 0.2) is 24.3 Å². The van der Waals surface area contributed by atoms with Crippen molar-refractivity contribution >= 4 is 29.5 Å². The summed E-state index contributed by atoms with van der Waals surface area (Å²) in [6.45, 7) is 4.98. The molecule has 1 aliphatic rings. The van der Waals surface area contributed by atoms with E-state index in [1.54, 1.807) is 12.1 Å². The van der Waals surface area contributed by atoms with Crippen molar-refractivity contribution in [1.82, 2.24) is 9.80 Å². The zero-order valence-corrected chi connectivity index (χ0v) is 15.3. The molecule has 1 aromatic carbocycles. The summed E-state index contributed by atoms with van der Waals surface area (Å²) in [6, 6.07) is 6.82. The highest BCUT2D eigenvalue weighted by Crippen LogP contribution is 2.17. The Balaban J connectivity index is 1.87. The standard InChI is InChI=1S/C18H23N3O5/c1-11(2)13-5-7-14(8-6-13)19-17(24)12(3)26-16(23)10-21-15(22)9-20(4)18(21)25/h5-8,11-12H,9-10H2,1-4H3,(H,19,24)/t12-/m0/s1.